The number of pyridine rings is 1. The Labute approximate surface area is 188 Å². The van der Waals surface area contributed by atoms with Crippen molar-refractivity contribution in [1.29, 1.82) is 0 Å². The van der Waals surface area contributed by atoms with Crippen LogP contribution in [0.5, 0.6) is 11.8 Å². The van der Waals surface area contributed by atoms with E-state index in [2.05, 4.69) is 32.0 Å². The van der Waals surface area contributed by atoms with Crippen molar-refractivity contribution in [2.24, 2.45) is 0 Å². The minimum Gasteiger partial charge on any atom is -0.478 e. The zero-order valence-corrected chi connectivity index (χ0v) is 17.7. The van der Waals surface area contributed by atoms with Crippen LogP contribution in [-0.2, 0) is 4.74 Å². The highest BCUT2D eigenvalue weighted by Gasteiger charge is 2.15. The van der Waals surface area contributed by atoms with Crippen molar-refractivity contribution in [2.45, 2.75) is 0 Å². The average Bonchev–Trinajstić information content (AvgIpc) is 3.20. The molecule has 0 bridgehead atoms. The molecule has 1 aliphatic rings. The van der Waals surface area contributed by atoms with E-state index in [-0.39, 0.29) is 11.6 Å². The molecule has 1 saturated heterocycles. The van der Waals surface area contributed by atoms with Gasteiger partial charge in [-0.1, -0.05) is 29.8 Å². The number of aromatic carboxylic acids is 1. The molecule has 2 aromatic heterocycles. The molecule has 5 rings (SSSR count). The van der Waals surface area contributed by atoms with Crippen LogP contribution in [0.15, 0.2) is 54.6 Å². The van der Waals surface area contributed by atoms with Gasteiger partial charge in [0.1, 0.15) is 5.75 Å². The number of imidazole rings is 1. The van der Waals surface area contributed by atoms with E-state index in [0.717, 1.165) is 37.6 Å². The largest absolute Gasteiger partial charge is 0.478 e. The van der Waals surface area contributed by atoms with Crippen LogP contribution in [-0.4, -0.2) is 52.3 Å². The summed E-state index contributed by atoms with van der Waals surface area (Å²) in [6.07, 6.45) is 0. The summed E-state index contributed by atoms with van der Waals surface area (Å²) in [4.78, 5) is 25.5. The Morgan fingerprint density at radius 2 is 1.88 bits per heavy atom. The van der Waals surface area contributed by atoms with E-state index in [1.54, 1.807) is 18.2 Å². The summed E-state index contributed by atoms with van der Waals surface area (Å²) in [5, 5.41) is 9.62. The van der Waals surface area contributed by atoms with Gasteiger partial charge in [0.2, 0.25) is 0 Å². The molecule has 2 aromatic carbocycles. The number of nitrogens with zero attached hydrogens (tertiary/aromatic N) is 3. The Kier molecular flexibility index (Phi) is 5.38. The maximum absolute atomic E-state index is 11.2. The van der Waals surface area contributed by atoms with Gasteiger partial charge in [-0.2, -0.15) is 4.98 Å². The third kappa shape index (κ3) is 4.10. The van der Waals surface area contributed by atoms with Gasteiger partial charge >= 0.3 is 12.0 Å². The molecule has 0 atom stereocenters. The van der Waals surface area contributed by atoms with Crippen molar-refractivity contribution in [3.8, 4) is 23.0 Å². The number of carboxylic acids is 1. The Bertz CT molecular complexity index is 1280. The number of H-pyrrole nitrogens is 1. The summed E-state index contributed by atoms with van der Waals surface area (Å²) in [5.74, 6) is -0.674. The molecule has 8 nitrogen and oxygen atoms in total. The smallest absolute Gasteiger partial charge is 0.335 e. The van der Waals surface area contributed by atoms with E-state index in [0.29, 0.717) is 27.6 Å². The van der Waals surface area contributed by atoms with Crippen molar-refractivity contribution < 1.29 is 19.4 Å². The summed E-state index contributed by atoms with van der Waals surface area (Å²) in [6, 6.07) is 16.2. The van der Waals surface area contributed by atoms with Gasteiger partial charge in [0, 0.05) is 24.3 Å². The molecular formula is C23H19ClN4O4. The highest BCUT2D eigenvalue weighted by Crippen LogP contribution is 2.31. The molecule has 9 heteroatoms. The van der Waals surface area contributed by atoms with Crippen LogP contribution in [0.4, 0.5) is 5.69 Å². The number of rotatable bonds is 5. The lowest BCUT2D eigenvalue weighted by molar-refractivity contribution is 0.0696. The molecule has 32 heavy (non-hydrogen) atoms. The fourth-order valence-electron chi connectivity index (χ4n) is 3.60. The molecule has 0 aliphatic carbocycles. The maximum atomic E-state index is 11.2. The molecule has 2 N–H and O–H groups in total. The van der Waals surface area contributed by atoms with Crippen molar-refractivity contribution in [3.63, 3.8) is 0 Å². The first-order valence-corrected chi connectivity index (χ1v) is 10.5. The molecule has 1 fully saturated rings. The minimum absolute atomic E-state index is 0.127. The van der Waals surface area contributed by atoms with Crippen LogP contribution in [0.1, 0.15) is 10.4 Å². The molecule has 0 saturated carbocycles. The number of hydrogen-bond acceptors (Lipinski definition) is 6. The van der Waals surface area contributed by atoms with Crippen molar-refractivity contribution in [1.82, 2.24) is 15.0 Å². The number of aromatic amines is 1. The van der Waals surface area contributed by atoms with Gasteiger partial charge in [-0.25, -0.2) is 9.78 Å². The van der Waals surface area contributed by atoms with Crippen LogP contribution < -0.4 is 9.64 Å². The first kappa shape index (κ1) is 20.3. The Hall–Kier alpha value is -3.62. The van der Waals surface area contributed by atoms with Gasteiger partial charge in [-0.05, 0) is 36.4 Å². The Balaban J connectivity index is 1.41. The third-order valence-electron chi connectivity index (χ3n) is 5.22. The van der Waals surface area contributed by atoms with Crippen molar-refractivity contribution in [2.75, 3.05) is 31.2 Å². The quantitative estimate of drug-likeness (QED) is 0.458. The Morgan fingerprint density at radius 3 is 2.62 bits per heavy atom. The van der Waals surface area contributed by atoms with Crippen LogP contribution >= 0.6 is 11.6 Å². The van der Waals surface area contributed by atoms with Gasteiger partial charge < -0.3 is 24.5 Å². The number of nitrogens with one attached hydrogen (secondary N) is 1. The summed E-state index contributed by atoms with van der Waals surface area (Å²) < 4.78 is 11.1. The number of halogens is 1. The third-order valence-corrected chi connectivity index (χ3v) is 5.51. The average molecular weight is 451 g/mol. The predicted molar refractivity (Wildman–Crippen MR) is 121 cm³/mol. The molecule has 0 amide bonds. The second-order valence-corrected chi connectivity index (χ2v) is 7.72. The second kappa shape index (κ2) is 8.49. The van der Waals surface area contributed by atoms with Crippen molar-refractivity contribution >= 4 is 34.4 Å². The normalized spacial score (nSPS) is 14.0. The first-order valence-electron chi connectivity index (χ1n) is 10.1. The zero-order chi connectivity index (χ0) is 22.1. The molecule has 0 spiro atoms. The predicted octanol–water partition coefficient (Wildman–Crippen LogP) is 4.61. The second-order valence-electron chi connectivity index (χ2n) is 7.31. The molecule has 3 heterocycles. The maximum Gasteiger partial charge on any atom is 0.335 e. The number of anilines is 1. The minimum atomic E-state index is -1.03. The zero-order valence-electron chi connectivity index (χ0n) is 16.9. The highest BCUT2D eigenvalue weighted by atomic mass is 35.5. The number of ether oxygens (including phenoxy) is 2. The lowest BCUT2D eigenvalue weighted by Crippen LogP contribution is -2.36. The van der Waals surface area contributed by atoms with Crippen LogP contribution in [0.25, 0.3) is 22.4 Å². The summed E-state index contributed by atoms with van der Waals surface area (Å²) in [5.41, 5.74) is 3.84. The molecule has 4 aromatic rings. The number of benzene rings is 2. The van der Waals surface area contributed by atoms with E-state index < -0.39 is 5.97 Å². The fraction of sp³-hybridized carbons (Fsp3) is 0.174. The standard InChI is InChI=1S/C23H19ClN4O4/c24-18-13-19-21(27-23(25-19)32-17-3-1-2-15(12-17)22(29)30)26-20(18)14-4-6-16(7-5-14)28-8-10-31-11-9-28/h1-7,12-13H,8-11H2,(H,29,30)(H,25,26,27). The lowest BCUT2D eigenvalue weighted by atomic mass is 10.1. The van der Waals surface area contributed by atoms with Gasteiger partial charge in [0.15, 0.2) is 5.65 Å². The first-order chi connectivity index (χ1) is 15.6. The van der Waals surface area contributed by atoms with Crippen LogP contribution in [0, 0.1) is 0 Å². The molecule has 0 radical (unpaired) electrons. The number of aromatic nitrogens is 3. The van der Waals surface area contributed by atoms with E-state index in [1.165, 1.54) is 12.1 Å². The lowest BCUT2D eigenvalue weighted by Gasteiger charge is -2.28. The number of fused-ring (bicyclic) bond motifs is 1. The number of carboxylic acid groups (broad SMARTS) is 1. The fourth-order valence-corrected chi connectivity index (χ4v) is 3.86. The van der Waals surface area contributed by atoms with Crippen LogP contribution in [0.3, 0.4) is 0 Å². The topological polar surface area (TPSA) is 101 Å². The summed E-state index contributed by atoms with van der Waals surface area (Å²) in [6.45, 7) is 3.21. The Morgan fingerprint density at radius 1 is 1.09 bits per heavy atom. The highest BCUT2D eigenvalue weighted by molar-refractivity contribution is 6.33. The van der Waals surface area contributed by atoms with Gasteiger partial charge in [0.25, 0.3) is 0 Å². The number of hydrogen-bond donors (Lipinski definition) is 2. The molecule has 0 unspecified atom stereocenters. The van der Waals surface area contributed by atoms with E-state index in [9.17, 15) is 4.79 Å². The van der Waals surface area contributed by atoms with E-state index >= 15 is 0 Å². The van der Waals surface area contributed by atoms with Gasteiger partial charge in [0.05, 0.1) is 35.0 Å². The SMILES string of the molecule is O=C(O)c1cccc(Oc2nc3nc(-c4ccc(N5CCOCC5)cc4)c(Cl)cc3[nH]2)c1. The molecule has 1 aliphatic heterocycles. The van der Waals surface area contributed by atoms with Crippen molar-refractivity contribution in [3.05, 3.63) is 65.2 Å². The van der Waals surface area contributed by atoms with Gasteiger partial charge in [-0.3, -0.25) is 0 Å². The summed E-state index contributed by atoms with van der Waals surface area (Å²) >= 11 is 6.51. The van der Waals surface area contributed by atoms with Crippen LogP contribution in [0.2, 0.25) is 5.02 Å². The van der Waals surface area contributed by atoms with E-state index in [1.807, 2.05) is 12.1 Å². The van der Waals surface area contributed by atoms with E-state index in [4.69, 9.17) is 26.2 Å². The molecular weight excluding hydrogens is 432 g/mol. The van der Waals surface area contributed by atoms with Gasteiger partial charge in [-0.15, -0.1) is 0 Å². The number of morpholine rings is 1. The number of carbonyl (C=O) groups is 1. The monoisotopic (exact) mass is 450 g/mol. The molecule has 162 valence electrons. The summed E-state index contributed by atoms with van der Waals surface area (Å²) in [7, 11) is 0.